The number of amides is 1. The first-order chi connectivity index (χ1) is 10.2. The fourth-order valence-electron chi connectivity index (χ4n) is 2.86. The summed E-state index contributed by atoms with van der Waals surface area (Å²) in [6.07, 6.45) is 4.35. The number of anilines is 1. The first kappa shape index (κ1) is 12.6. The van der Waals surface area contributed by atoms with Crippen LogP contribution in [0.15, 0.2) is 47.2 Å². The minimum atomic E-state index is 0.0234. The molecule has 4 nitrogen and oxygen atoms in total. The molecule has 1 aliphatic heterocycles. The molecule has 0 spiro atoms. The lowest BCUT2D eigenvalue weighted by atomic mass is 10.1. The second-order valence-electron chi connectivity index (χ2n) is 5.08. The van der Waals surface area contributed by atoms with Crippen LogP contribution in [0.25, 0.3) is 11.0 Å². The predicted octanol–water partition coefficient (Wildman–Crippen LogP) is 3.53. The molecule has 0 radical (unpaired) electrons. The van der Waals surface area contributed by atoms with Gasteiger partial charge in [0.15, 0.2) is 0 Å². The van der Waals surface area contributed by atoms with Crippen molar-refractivity contribution >= 4 is 38.6 Å². The van der Waals surface area contributed by atoms with Crippen molar-refractivity contribution in [3.63, 3.8) is 0 Å². The molecule has 4 rings (SSSR count). The van der Waals surface area contributed by atoms with Gasteiger partial charge in [0.25, 0.3) is 5.91 Å². The smallest absolute Gasteiger partial charge is 0.260 e. The monoisotopic (exact) mass is 341 g/mol. The topological polar surface area (TPSA) is 49.0 Å². The number of hydrogen-bond donors (Lipinski definition) is 1. The number of pyridine rings is 1. The van der Waals surface area contributed by atoms with Gasteiger partial charge in [0.2, 0.25) is 0 Å². The summed E-state index contributed by atoms with van der Waals surface area (Å²) in [5.41, 5.74) is 3.63. The van der Waals surface area contributed by atoms with Crippen LogP contribution in [0.1, 0.15) is 15.9 Å². The molecule has 0 bridgehead atoms. The number of carbonyl (C=O) groups excluding carboxylic acids is 1. The largest absolute Gasteiger partial charge is 0.345 e. The molecule has 1 amide bonds. The standard InChI is InChI=1S/C16H12BrN3O/c17-11-3-4-14-10(8-11)5-7-20(14)16(21)13-9-19-15-12(13)2-1-6-18-15/h1-4,6,8-9H,5,7H2,(H,18,19). The van der Waals surface area contributed by atoms with Gasteiger partial charge in [0.1, 0.15) is 5.65 Å². The Hall–Kier alpha value is -2.14. The number of fused-ring (bicyclic) bond motifs is 2. The molecule has 0 saturated carbocycles. The first-order valence-corrected chi connectivity index (χ1v) is 7.56. The van der Waals surface area contributed by atoms with Crippen molar-refractivity contribution in [2.75, 3.05) is 11.4 Å². The quantitative estimate of drug-likeness (QED) is 0.736. The summed E-state index contributed by atoms with van der Waals surface area (Å²) in [5.74, 6) is 0.0234. The fraction of sp³-hybridized carbons (Fsp3) is 0.125. The van der Waals surface area contributed by atoms with Gasteiger partial charge in [-0.25, -0.2) is 4.98 Å². The first-order valence-electron chi connectivity index (χ1n) is 6.76. The average Bonchev–Trinajstić information content (AvgIpc) is 3.10. The zero-order chi connectivity index (χ0) is 14.4. The van der Waals surface area contributed by atoms with Gasteiger partial charge in [-0.2, -0.15) is 0 Å². The third-order valence-corrected chi connectivity index (χ3v) is 4.36. The van der Waals surface area contributed by atoms with E-state index in [0.717, 1.165) is 34.2 Å². The molecule has 3 aromatic rings. The van der Waals surface area contributed by atoms with E-state index in [4.69, 9.17) is 0 Å². The molecule has 1 N–H and O–H groups in total. The number of aromatic nitrogens is 2. The Morgan fingerprint density at radius 1 is 1.33 bits per heavy atom. The van der Waals surface area contributed by atoms with Crippen LogP contribution in [0.5, 0.6) is 0 Å². The number of aromatic amines is 1. The number of nitrogens with one attached hydrogen (secondary N) is 1. The third-order valence-electron chi connectivity index (χ3n) is 3.86. The molecule has 1 aliphatic rings. The second kappa shape index (κ2) is 4.70. The third kappa shape index (κ3) is 1.96. The van der Waals surface area contributed by atoms with Crippen molar-refractivity contribution < 1.29 is 4.79 Å². The summed E-state index contributed by atoms with van der Waals surface area (Å²) in [7, 11) is 0. The van der Waals surface area contributed by atoms with Crippen molar-refractivity contribution in [2.45, 2.75) is 6.42 Å². The van der Waals surface area contributed by atoms with Crippen LogP contribution < -0.4 is 4.90 Å². The highest BCUT2D eigenvalue weighted by atomic mass is 79.9. The molecule has 1 aromatic carbocycles. The summed E-state index contributed by atoms with van der Waals surface area (Å²) in [6.45, 7) is 0.720. The van der Waals surface area contributed by atoms with E-state index in [1.807, 2.05) is 29.2 Å². The normalized spacial score (nSPS) is 13.7. The van der Waals surface area contributed by atoms with Gasteiger partial charge in [-0.05, 0) is 42.3 Å². The summed E-state index contributed by atoms with van der Waals surface area (Å²) >= 11 is 3.48. The van der Waals surface area contributed by atoms with Crippen LogP contribution in [-0.2, 0) is 6.42 Å². The van der Waals surface area contributed by atoms with Crippen molar-refractivity contribution in [3.05, 3.63) is 58.3 Å². The van der Waals surface area contributed by atoms with Crippen molar-refractivity contribution in [2.24, 2.45) is 0 Å². The van der Waals surface area contributed by atoms with Crippen LogP contribution >= 0.6 is 15.9 Å². The van der Waals surface area contributed by atoms with E-state index >= 15 is 0 Å². The van der Waals surface area contributed by atoms with Crippen molar-refractivity contribution in [1.82, 2.24) is 9.97 Å². The number of halogens is 1. The molecule has 104 valence electrons. The molecule has 3 heterocycles. The highest BCUT2D eigenvalue weighted by Gasteiger charge is 2.27. The van der Waals surface area contributed by atoms with Crippen LogP contribution in [0.4, 0.5) is 5.69 Å². The molecule has 0 saturated heterocycles. The highest BCUT2D eigenvalue weighted by Crippen LogP contribution is 2.32. The summed E-state index contributed by atoms with van der Waals surface area (Å²) < 4.78 is 1.05. The Balaban J connectivity index is 1.77. The van der Waals surface area contributed by atoms with E-state index in [0.29, 0.717) is 5.56 Å². The summed E-state index contributed by atoms with van der Waals surface area (Å²) in [5, 5.41) is 0.869. The number of H-pyrrole nitrogens is 1. The number of nitrogens with zero attached hydrogens (tertiary/aromatic N) is 2. The SMILES string of the molecule is O=C(c1c[nH]c2ncccc12)N1CCc2cc(Br)ccc21. The maximum atomic E-state index is 12.8. The minimum Gasteiger partial charge on any atom is -0.345 e. The highest BCUT2D eigenvalue weighted by molar-refractivity contribution is 9.10. The lowest BCUT2D eigenvalue weighted by Gasteiger charge is -2.16. The summed E-state index contributed by atoms with van der Waals surface area (Å²) in [6, 6.07) is 9.82. The van der Waals surface area contributed by atoms with Gasteiger partial charge in [-0.15, -0.1) is 0 Å². The molecular weight excluding hydrogens is 330 g/mol. The molecule has 0 fully saturated rings. The van der Waals surface area contributed by atoms with Gasteiger partial charge in [-0.3, -0.25) is 4.79 Å². The zero-order valence-corrected chi connectivity index (χ0v) is 12.7. The number of benzene rings is 1. The lowest BCUT2D eigenvalue weighted by Crippen LogP contribution is -2.28. The van der Waals surface area contributed by atoms with E-state index in [2.05, 4.69) is 32.0 Å². The van der Waals surface area contributed by atoms with Crippen molar-refractivity contribution in [3.8, 4) is 0 Å². The van der Waals surface area contributed by atoms with Gasteiger partial charge in [0, 0.05) is 34.5 Å². The summed E-state index contributed by atoms with van der Waals surface area (Å²) in [4.78, 5) is 22.0. The molecule has 0 atom stereocenters. The van der Waals surface area contributed by atoms with E-state index < -0.39 is 0 Å². The molecular formula is C16H12BrN3O. The lowest BCUT2D eigenvalue weighted by molar-refractivity contribution is 0.0991. The van der Waals surface area contributed by atoms with Gasteiger partial charge in [0.05, 0.1) is 5.56 Å². The predicted molar refractivity (Wildman–Crippen MR) is 85.6 cm³/mol. The van der Waals surface area contributed by atoms with E-state index in [9.17, 15) is 4.79 Å². The Bertz CT molecular complexity index is 856. The average molecular weight is 342 g/mol. The van der Waals surface area contributed by atoms with Gasteiger partial charge >= 0.3 is 0 Å². The Morgan fingerprint density at radius 2 is 2.24 bits per heavy atom. The maximum absolute atomic E-state index is 12.8. The Morgan fingerprint density at radius 3 is 3.14 bits per heavy atom. The Labute approximate surface area is 129 Å². The Kier molecular flexibility index (Phi) is 2.82. The molecule has 0 aliphatic carbocycles. The fourth-order valence-corrected chi connectivity index (χ4v) is 3.27. The van der Waals surface area contributed by atoms with Gasteiger partial charge < -0.3 is 9.88 Å². The van der Waals surface area contributed by atoms with E-state index in [1.54, 1.807) is 12.4 Å². The van der Waals surface area contributed by atoms with Crippen LogP contribution in [-0.4, -0.2) is 22.4 Å². The van der Waals surface area contributed by atoms with Crippen LogP contribution in [0.2, 0.25) is 0 Å². The second-order valence-corrected chi connectivity index (χ2v) is 6.00. The molecule has 5 heteroatoms. The van der Waals surface area contributed by atoms with Gasteiger partial charge in [-0.1, -0.05) is 15.9 Å². The van der Waals surface area contributed by atoms with E-state index in [-0.39, 0.29) is 5.91 Å². The minimum absolute atomic E-state index is 0.0234. The maximum Gasteiger partial charge on any atom is 0.260 e. The number of hydrogen-bond acceptors (Lipinski definition) is 2. The van der Waals surface area contributed by atoms with Crippen LogP contribution in [0.3, 0.4) is 0 Å². The number of carbonyl (C=O) groups is 1. The molecule has 21 heavy (non-hydrogen) atoms. The zero-order valence-electron chi connectivity index (χ0n) is 11.1. The van der Waals surface area contributed by atoms with E-state index in [1.165, 1.54) is 5.56 Å². The van der Waals surface area contributed by atoms with Crippen LogP contribution in [0, 0.1) is 0 Å². The number of rotatable bonds is 1. The molecule has 2 aromatic heterocycles. The van der Waals surface area contributed by atoms with Crippen molar-refractivity contribution in [1.29, 1.82) is 0 Å². The molecule has 0 unspecified atom stereocenters.